The van der Waals surface area contributed by atoms with E-state index in [9.17, 15) is 0 Å². The van der Waals surface area contributed by atoms with Crippen LogP contribution in [0.1, 0.15) is 12.8 Å². The maximum absolute atomic E-state index is 7.02. The van der Waals surface area contributed by atoms with Crippen LogP contribution in [0, 0.1) is 5.41 Å². The summed E-state index contributed by atoms with van der Waals surface area (Å²) >= 11 is 11.6. The molecule has 0 radical (unpaired) electrons. The van der Waals surface area contributed by atoms with E-state index in [1.807, 2.05) is 0 Å². The Balaban J connectivity index is 2.38. The first-order valence-corrected chi connectivity index (χ1v) is 5.26. The zero-order valence-electron chi connectivity index (χ0n) is 8.09. The second-order valence-electron chi connectivity index (χ2n) is 3.05. The van der Waals surface area contributed by atoms with Crippen molar-refractivity contribution in [2.45, 2.75) is 12.8 Å². The zero-order chi connectivity index (χ0) is 11.3. The molecule has 15 heavy (non-hydrogen) atoms. The van der Waals surface area contributed by atoms with Crippen LogP contribution < -0.4 is 10.5 Å². The van der Waals surface area contributed by atoms with Crippen LogP contribution >= 0.6 is 23.2 Å². The van der Waals surface area contributed by atoms with E-state index in [0.29, 0.717) is 28.8 Å². The maximum Gasteiger partial charge on any atom is 0.120 e. The van der Waals surface area contributed by atoms with Gasteiger partial charge in [0.25, 0.3) is 0 Å². The molecule has 0 saturated heterocycles. The van der Waals surface area contributed by atoms with Crippen molar-refractivity contribution in [3.05, 3.63) is 28.2 Å². The quantitative estimate of drug-likeness (QED) is 0.477. The summed E-state index contributed by atoms with van der Waals surface area (Å²) in [6.45, 7) is 0.511. The second kappa shape index (κ2) is 5.83. The van der Waals surface area contributed by atoms with Crippen molar-refractivity contribution in [2.24, 2.45) is 5.73 Å². The molecular weight excluding hydrogens is 235 g/mol. The Morgan fingerprint density at radius 1 is 1.33 bits per heavy atom. The van der Waals surface area contributed by atoms with Crippen LogP contribution in [0.5, 0.6) is 5.75 Å². The largest absolute Gasteiger partial charge is 0.494 e. The molecule has 0 aliphatic rings. The Labute approximate surface area is 98.6 Å². The molecule has 5 heteroatoms. The van der Waals surface area contributed by atoms with Gasteiger partial charge in [-0.15, -0.1) is 0 Å². The van der Waals surface area contributed by atoms with Crippen LogP contribution in [0.2, 0.25) is 10.0 Å². The standard InChI is InChI=1S/C10H12Cl2N2O/c11-8-4-3-7(6-9(8)12)15-5-1-2-10(13)14/h3-4,6H,1-2,5H2,(H3,13,14). The SMILES string of the molecule is N=C(N)CCCOc1ccc(Cl)c(Cl)c1. The highest BCUT2D eigenvalue weighted by Gasteiger charge is 2.00. The third kappa shape index (κ3) is 4.40. The summed E-state index contributed by atoms with van der Waals surface area (Å²) in [5, 5.41) is 8.00. The summed E-state index contributed by atoms with van der Waals surface area (Å²) in [5.41, 5.74) is 5.21. The van der Waals surface area contributed by atoms with Gasteiger partial charge in [0.05, 0.1) is 22.5 Å². The third-order valence-corrected chi connectivity index (χ3v) is 2.49. The maximum atomic E-state index is 7.02. The third-order valence-electron chi connectivity index (χ3n) is 1.75. The zero-order valence-corrected chi connectivity index (χ0v) is 9.61. The van der Waals surface area contributed by atoms with Crippen molar-refractivity contribution in [3.63, 3.8) is 0 Å². The molecule has 0 aromatic heterocycles. The Hall–Kier alpha value is -0.930. The van der Waals surface area contributed by atoms with E-state index in [2.05, 4.69) is 0 Å². The normalized spacial score (nSPS) is 10.0. The van der Waals surface area contributed by atoms with E-state index in [4.69, 9.17) is 39.1 Å². The van der Waals surface area contributed by atoms with Gasteiger partial charge in [-0.05, 0) is 18.6 Å². The van der Waals surface area contributed by atoms with Crippen LogP contribution in [0.15, 0.2) is 18.2 Å². The van der Waals surface area contributed by atoms with Gasteiger partial charge in [-0.25, -0.2) is 0 Å². The molecule has 3 N–H and O–H groups in total. The van der Waals surface area contributed by atoms with Crippen molar-refractivity contribution in [2.75, 3.05) is 6.61 Å². The van der Waals surface area contributed by atoms with E-state index in [1.165, 1.54) is 0 Å². The Bertz CT molecular complexity index is 355. The lowest BCUT2D eigenvalue weighted by Gasteiger charge is -2.06. The topological polar surface area (TPSA) is 59.1 Å². The van der Waals surface area contributed by atoms with Crippen LogP contribution in [0.25, 0.3) is 0 Å². The number of hydrogen-bond donors (Lipinski definition) is 2. The molecule has 0 spiro atoms. The van der Waals surface area contributed by atoms with Gasteiger partial charge in [-0.3, -0.25) is 5.41 Å². The molecule has 0 atom stereocenters. The number of benzene rings is 1. The smallest absolute Gasteiger partial charge is 0.120 e. The molecule has 0 saturated carbocycles. The lowest BCUT2D eigenvalue weighted by Crippen LogP contribution is -2.10. The summed E-state index contributed by atoms with van der Waals surface area (Å²) < 4.78 is 5.40. The molecule has 0 aliphatic carbocycles. The number of halogens is 2. The monoisotopic (exact) mass is 246 g/mol. The first-order valence-electron chi connectivity index (χ1n) is 4.50. The van der Waals surface area contributed by atoms with E-state index >= 15 is 0 Å². The van der Waals surface area contributed by atoms with Gasteiger partial charge in [0.15, 0.2) is 0 Å². The molecule has 0 amide bonds. The van der Waals surface area contributed by atoms with Gasteiger partial charge in [0.1, 0.15) is 5.75 Å². The molecule has 1 rings (SSSR count). The van der Waals surface area contributed by atoms with Gasteiger partial charge in [0, 0.05) is 12.5 Å². The lowest BCUT2D eigenvalue weighted by molar-refractivity contribution is 0.313. The predicted molar refractivity (Wildman–Crippen MR) is 63.1 cm³/mol. The summed E-state index contributed by atoms with van der Waals surface area (Å²) in [6, 6.07) is 5.10. The molecule has 82 valence electrons. The van der Waals surface area contributed by atoms with E-state index in [0.717, 1.165) is 6.42 Å². The molecule has 0 unspecified atom stereocenters. The first-order chi connectivity index (χ1) is 7.09. The minimum atomic E-state index is 0.174. The molecule has 1 aromatic carbocycles. The number of nitrogens with two attached hydrogens (primary N) is 1. The van der Waals surface area contributed by atoms with E-state index in [-0.39, 0.29) is 5.84 Å². The summed E-state index contributed by atoms with van der Waals surface area (Å²) in [4.78, 5) is 0. The average molecular weight is 247 g/mol. The molecular formula is C10H12Cl2N2O. The summed E-state index contributed by atoms with van der Waals surface area (Å²) in [6.07, 6.45) is 1.26. The van der Waals surface area contributed by atoms with Crippen molar-refractivity contribution >= 4 is 29.0 Å². The van der Waals surface area contributed by atoms with Gasteiger partial charge in [0.2, 0.25) is 0 Å². The van der Waals surface area contributed by atoms with Crippen LogP contribution in [0.4, 0.5) is 0 Å². The molecule has 0 fully saturated rings. The van der Waals surface area contributed by atoms with Gasteiger partial charge < -0.3 is 10.5 Å². The van der Waals surface area contributed by atoms with Gasteiger partial charge >= 0.3 is 0 Å². The Morgan fingerprint density at radius 2 is 2.07 bits per heavy atom. The molecule has 3 nitrogen and oxygen atoms in total. The number of ether oxygens (including phenoxy) is 1. The first kappa shape index (κ1) is 12.1. The fourth-order valence-corrected chi connectivity index (χ4v) is 1.31. The van der Waals surface area contributed by atoms with Crippen molar-refractivity contribution < 1.29 is 4.74 Å². The summed E-state index contributed by atoms with van der Waals surface area (Å²) in [7, 11) is 0. The number of amidine groups is 1. The van der Waals surface area contributed by atoms with Crippen LogP contribution in [-0.4, -0.2) is 12.4 Å². The van der Waals surface area contributed by atoms with E-state index in [1.54, 1.807) is 18.2 Å². The highest BCUT2D eigenvalue weighted by atomic mass is 35.5. The Morgan fingerprint density at radius 3 is 2.67 bits per heavy atom. The van der Waals surface area contributed by atoms with Crippen LogP contribution in [-0.2, 0) is 0 Å². The predicted octanol–water partition coefficient (Wildman–Crippen LogP) is 3.09. The average Bonchev–Trinajstić information content (AvgIpc) is 2.18. The Kier molecular flexibility index (Phi) is 4.72. The minimum Gasteiger partial charge on any atom is -0.494 e. The van der Waals surface area contributed by atoms with Gasteiger partial charge in [-0.2, -0.15) is 0 Å². The second-order valence-corrected chi connectivity index (χ2v) is 3.87. The van der Waals surface area contributed by atoms with E-state index < -0.39 is 0 Å². The minimum absolute atomic E-state index is 0.174. The fraction of sp³-hybridized carbons (Fsp3) is 0.300. The molecule has 0 bridgehead atoms. The number of rotatable bonds is 5. The highest BCUT2D eigenvalue weighted by molar-refractivity contribution is 6.42. The fourth-order valence-electron chi connectivity index (χ4n) is 1.02. The molecule has 0 aliphatic heterocycles. The molecule has 1 aromatic rings. The number of hydrogen-bond acceptors (Lipinski definition) is 2. The lowest BCUT2D eigenvalue weighted by atomic mass is 10.3. The highest BCUT2D eigenvalue weighted by Crippen LogP contribution is 2.26. The van der Waals surface area contributed by atoms with Crippen molar-refractivity contribution in [3.8, 4) is 5.75 Å². The van der Waals surface area contributed by atoms with Crippen LogP contribution in [0.3, 0.4) is 0 Å². The van der Waals surface area contributed by atoms with Gasteiger partial charge in [-0.1, -0.05) is 23.2 Å². The van der Waals surface area contributed by atoms with Crippen molar-refractivity contribution in [1.82, 2.24) is 0 Å². The molecule has 0 heterocycles. The summed E-state index contributed by atoms with van der Waals surface area (Å²) in [5.74, 6) is 0.848. The van der Waals surface area contributed by atoms with Crippen molar-refractivity contribution in [1.29, 1.82) is 5.41 Å². The number of nitrogens with one attached hydrogen (secondary N) is 1.